The third-order valence-electron chi connectivity index (χ3n) is 5.54. The average Bonchev–Trinajstić information content (AvgIpc) is 2.57. The number of rotatable bonds is 4. The predicted octanol–water partition coefficient (Wildman–Crippen LogP) is 4.69. The van der Waals surface area contributed by atoms with E-state index >= 15 is 0 Å². The average molecular weight is 373 g/mol. The fourth-order valence-electron chi connectivity index (χ4n) is 3.85. The highest BCUT2D eigenvalue weighted by Crippen LogP contribution is 2.33. The number of benzene rings is 2. The van der Waals surface area contributed by atoms with E-state index in [1.165, 1.54) is 11.1 Å². The standard InChI is InChI=1S/C22H28O3S/c1-16-4-9-21(17(2)14-16)19-5-7-20(8-6-19)26(24,25)15-18-10-12-22(3,23)13-11-18/h4-9,14,18,23H,10-13,15H2,1-3H3. The highest BCUT2D eigenvalue weighted by Gasteiger charge is 2.31. The lowest BCUT2D eigenvalue weighted by atomic mass is 9.81. The Morgan fingerprint density at radius 3 is 2.23 bits per heavy atom. The van der Waals surface area contributed by atoms with Crippen molar-refractivity contribution in [2.24, 2.45) is 5.92 Å². The Hall–Kier alpha value is -1.65. The van der Waals surface area contributed by atoms with Crippen LogP contribution in [-0.4, -0.2) is 24.9 Å². The van der Waals surface area contributed by atoms with Crippen LogP contribution in [0.2, 0.25) is 0 Å². The van der Waals surface area contributed by atoms with Gasteiger partial charge < -0.3 is 5.11 Å². The molecule has 1 aliphatic carbocycles. The molecule has 2 aromatic carbocycles. The minimum Gasteiger partial charge on any atom is -0.390 e. The first-order valence-corrected chi connectivity index (χ1v) is 10.9. The van der Waals surface area contributed by atoms with Crippen LogP contribution in [0.4, 0.5) is 0 Å². The third kappa shape index (κ3) is 4.36. The van der Waals surface area contributed by atoms with Gasteiger partial charge in [-0.3, -0.25) is 0 Å². The van der Waals surface area contributed by atoms with Crippen LogP contribution < -0.4 is 0 Å². The first-order valence-electron chi connectivity index (χ1n) is 9.29. The van der Waals surface area contributed by atoms with Gasteiger partial charge >= 0.3 is 0 Å². The minimum atomic E-state index is -3.29. The van der Waals surface area contributed by atoms with E-state index in [-0.39, 0.29) is 11.7 Å². The van der Waals surface area contributed by atoms with Crippen molar-refractivity contribution in [2.45, 2.75) is 57.0 Å². The van der Waals surface area contributed by atoms with Gasteiger partial charge in [-0.05, 0) is 81.2 Å². The summed E-state index contributed by atoms with van der Waals surface area (Å²) in [6, 6.07) is 13.5. The van der Waals surface area contributed by atoms with Crippen molar-refractivity contribution in [1.29, 1.82) is 0 Å². The summed E-state index contributed by atoms with van der Waals surface area (Å²) in [6.07, 6.45) is 2.90. The monoisotopic (exact) mass is 372 g/mol. The number of sulfone groups is 1. The van der Waals surface area contributed by atoms with Gasteiger partial charge in [0, 0.05) is 0 Å². The van der Waals surface area contributed by atoms with Crippen molar-refractivity contribution in [1.82, 2.24) is 0 Å². The quantitative estimate of drug-likeness (QED) is 0.847. The smallest absolute Gasteiger partial charge is 0.178 e. The van der Waals surface area contributed by atoms with Crippen LogP contribution in [0.15, 0.2) is 47.4 Å². The molecule has 0 unspecified atom stereocenters. The maximum absolute atomic E-state index is 12.8. The fourth-order valence-corrected chi connectivity index (χ4v) is 5.55. The van der Waals surface area contributed by atoms with Crippen molar-refractivity contribution >= 4 is 9.84 Å². The molecule has 0 spiro atoms. The summed E-state index contributed by atoms with van der Waals surface area (Å²) in [5.74, 6) is 0.311. The lowest BCUT2D eigenvalue weighted by molar-refractivity contribution is 0.0108. The molecule has 4 heteroatoms. The topological polar surface area (TPSA) is 54.4 Å². The minimum absolute atomic E-state index is 0.138. The molecule has 0 aromatic heterocycles. The van der Waals surface area contributed by atoms with Gasteiger partial charge in [-0.15, -0.1) is 0 Å². The molecule has 140 valence electrons. The van der Waals surface area contributed by atoms with Gasteiger partial charge in [0.1, 0.15) is 0 Å². The van der Waals surface area contributed by atoms with Gasteiger partial charge in [0.2, 0.25) is 0 Å². The van der Waals surface area contributed by atoms with Crippen LogP contribution >= 0.6 is 0 Å². The van der Waals surface area contributed by atoms with E-state index < -0.39 is 15.4 Å². The van der Waals surface area contributed by atoms with E-state index in [1.807, 2.05) is 19.1 Å². The van der Waals surface area contributed by atoms with Crippen LogP contribution in [0, 0.1) is 19.8 Å². The van der Waals surface area contributed by atoms with Crippen molar-refractivity contribution in [2.75, 3.05) is 5.75 Å². The van der Waals surface area contributed by atoms with Crippen molar-refractivity contribution in [3.63, 3.8) is 0 Å². The van der Waals surface area contributed by atoms with Crippen LogP contribution in [0.3, 0.4) is 0 Å². The molecule has 1 aliphatic rings. The molecule has 3 nitrogen and oxygen atoms in total. The molecule has 0 aliphatic heterocycles. The molecule has 0 bridgehead atoms. The molecule has 0 atom stereocenters. The van der Waals surface area contributed by atoms with E-state index in [1.54, 1.807) is 12.1 Å². The maximum atomic E-state index is 12.8. The van der Waals surface area contributed by atoms with E-state index in [2.05, 4.69) is 32.0 Å². The molecule has 1 saturated carbocycles. The van der Waals surface area contributed by atoms with Crippen LogP contribution in [0.5, 0.6) is 0 Å². The van der Waals surface area contributed by atoms with Gasteiger partial charge in [-0.2, -0.15) is 0 Å². The SMILES string of the molecule is Cc1ccc(-c2ccc(S(=O)(=O)CC3CCC(C)(O)CC3)cc2)c(C)c1. The summed E-state index contributed by atoms with van der Waals surface area (Å²) in [5.41, 5.74) is 3.95. The highest BCUT2D eigenvalue weighted by molar-refractivity contribution is 7.91. The molecule has 0 saturated heterocycles. The van der Waals surface area contributed by atoms with Gasteiger partial charge in [0.15, 0.2) is 9.84 Å². The lowest BCUT2D eigenvalue weighted by Gasteiger charge is -2.32. The molecule has 3 rings (SSSR count). The summed E-state index contributed by atoms with van der Waals surface area (Å²) in [7, 11) is -3.29. The Morgan fingerprint density at radius 1 is 1.04 bits per heavy atom. The zero-order chi connectivity index (χ0) is 18.9. The first kappa shape index (κ1) is 19.1. The largest absolute Gasteiger partial charge is 0.390 e. The van der Waals surface area contributed by atoms with Crippen LogP contribution in [0.1, 0.15) is 43.7 Å². The summed E-state index contributed by atoms with van der Waals surface area (Å²) in [5, 5.41) is 10.0. The molecule has 1 N–H and O–H groups in total. The van der Waals surface area contributed by atoms with Gasteiger partial charge in [-0.1, -0.05) is 35.9 Å². The molecule has 0 radical (unpaired) electrons. The molecule has 2 aromatic rings. The van der Waals surface area contributed by atoms with Gasteiger partial charge in [0.05, 0.1) is 16.2 Å². The summed E-state index contributed by atoms with van der Waals surface area (Å²) >= 11 is 0. The zero-order valence-electron chi connectivity index (χ0n) is 15.8. The number of hydrogen-bond acceptors (Lipinski definition) is 3. The van der Waals surface area contributed by atoms with E-state index in [4.69, 9.17) is 0 Å². The highest BCUT2D eigenvalue weighted by atomic mass is 32.2. The van der Waals surface area contributed by atoms with E-state index in [0.717, 1.165) is 24.0 Å². The van der Waals surface area contributed by atoms with Crippen LogP contribution in [0.25, 0.3) is 11.1 Å². The van der Waals surface area contributed by atoms with E-state index in [9.17, 15) is 13.5 Å². The number of hydrogen-bond donors (Lipinski definition) is 1. The summed E-state index contributed by atoms with van der Waals surface area (Å²) in [4.78, 5) is 0.392. The van der Waals surface area contributed by atoms with Crippen molar-refractivity contribution in [3.05, 3.63) is 53.6 Å². The predicted molar refractivity (Wildman–Crippen MR) is 106 cm³/mol. The number of aryl methyl sites for hydroxylation is 2. The Bertz CT molecular complexity index is 870. The second-order valence-electron chi connectivity index (χ2n) is 8.06. The molecule has 26 heavy (non-hydrogen) atoms. The third-order valence-corrected chi connectivity index (χ3v) is 7.44. The van der Waals surface area contributed by atoms with E-state index in [0.29, 0.717) is 17.7 Å². The molecular formula is C22H28O3S. The molecule has 0 heterocycles. The summed E-state index contributed by atoms with van der Waals surface area (Å²) in [6.45, 7) is 5.98. The van der Waals surface area contributed by atoms with Crippen molar-refractivity contribution < 1.29 is 13.5 Å². The van der Waals surface area contributed by atoms with Crippen molar-refractivity contribution in [3.8, 4) is 11.1 Å². The molecule has 1 fully saturated rings. The zero-order valence-corrected chi connectivity index (χ0v) is 16.6. The Morgan fingerprint density at radius 2 is 1.65 bits per heavy atom. The second-order valence-corrected chi connectivity index (χ2v) is 10.1. The normalized spacial score (nSPS) is 23.8. The van der Waals surface area contributed by atoms with Crippen LogP contribution in [-0.2, 0) is 9.84 Å². The second kappa shape index (κ2) is 7.16. The lowest BCUT2D eigenvalue weighted by Crippen LogP contribution is -2.32. The Labute approximate surface area is 157 Å². The Balaban J connectivity index is 1.75. The van der Waals surface area contributed by atoms with Gasteiger partial charge in [0.25, 0.3) is 0 Å². The Kier molecular flexibility index (Phi) is 5.27. The molecule has 0 amide bonds. The fraction of sp³-hybridized carbons (Fsp3) is 0.455. The first-order chi connectivity index (χ1) is 12.2. The molecular weight excluding hydrogens is 344 g/mol. The summed E-state index contributed by atoms with van der Waals surface area (Å²) < 4.78 is 25.5. The number of aliphatic hydroxyl groups is 1. The van der Waals surface area contributed by atoms with Gasteiger partial charge in [-0.25, -0.2) is 8.42 Å². The maximum Gasteiger partial charge on any atom is 0.178 e.